The highest BCUT2D eigenvalue weighted by molar-refractivity contribution is 7.99. The van der Waals surface area contributed by atoms with E-state index in [2.05, 4.69) is 10.3 Å². The van der Waals surface area contributed by atoms with Gasteiger partial charge in [-0.25, -0.2) is 4.98 Å². The van der Waals surface area contributed by atoms with E-state index in [1.807, 2.05) is 13.8 Å². The van der Waals surface area contributed by atoms with Gasteiger partial charge in [-0.05, 0) is 42.7 Å². The number of fused-ring (bicyclic) bond motifs is 1. The van der Waals surface area contributed by atoms with Crippen molar-refractivity contribution in [3.05, 3.63) is 67.5 Å². The lowest BCUT2D eigenvalue weighted by Gasteiger charge is -2.15. The molecule has 1 N–H and O–H groups in total. The van der Waals surface area contributed by atoms with Gasteiger partial charge in [0.2, 0.25) is 5.91 Å². The minimum absolute atomic E-state index is 0.0278. The van der Waals surface area contributed by atoms with Gasteiger partial charge in [-0.2, -0.15) is 0 Å². The summed E-state index contributed by atoms with van der Waals surface area (Å²) in [5, 5.41) is 15.0. The molecule has 1 heterocycles. The van der Waals surface area contributed by atoms with Crippen molar-refractivity contribution in [2.75, 3.05) is 11.1 Å². The van der Waals surface area contributed by atoms with Crippen molar-refractivity contribution in [2.45, 2.75) is 32.5 Å². The number of nitro groups is 1. The van der Waals surface area contributed by atoms with Gasteiger partial charge < -0.3 is 5.32 Å². The maximum Gasteiger partial charge on any atom is 0.269 e. The normalized spacial score (nSPS) is 11.1. The lowest BCUT2D eigenvalue weighted by atomic mass is 10.2. The second-order valence-corrected chi connectivity index (χ2v) is 8.84. The summed E-state index contributed by atoms with van der Waals surface area (Å²) in [7, 11) is 0. The third-order valence-corrected chi connectivity index (χ3v) is 5.67. The second kappa shape index (κ2) is 9.49. The number of aromatic nitrogens is 2. The first-order valence-electron chi connectivity index (χ1n) is 9.53. The van der Waals surface area contributed by atoms with Crippen LogP contribution in [-0.4, -0.2) is 26.1 Å². The van der Waals surface area contributed by atoms with Gasteiger partial charge in [0.25, 0.3) is 11.2 Å². The number of thioether (sulfide) groups is 1. The van der Waals surface area contributed by atoms with Gasteiger partial charge in [-0.15, -0.1) is 0 Å². The van der Waals surface area contributed by atoms with E-state index < -0.39 is 4.92 Å². The molecule has 0 radical (unpaired) electrons. The maximum atomic E-state index is 13.0. The number of nitrogens with one attached hydrogen (secondary N) is 1. The molecule has 0 saturated carbocycles. The molecule has 0 saturated heterocycles. The quantitative estimate of drug-likeness (QED) is 0.238. The molecule has 0 spiro atoms. The van der Waals surface area contributed by atoms with Gasteiger partial charge in [0.15, 0.2) is 5.16 Å². The van der Waals surface area contributed by atoms with Crippen LogP contribution < -0.4 is 10.9 Å². The number of nitrogens with zero attached hydrogens (tertiary/aromatic N) is 3. The van der Waals surface area contributed by atoms with Crippen LogP contribution in [0.2, 0.25) is 5.02 Å². The molecule has 31 heavy (non-hydrogen) atoms. The number of nitro benzene ring substituents is 1. The number of aryl methyl sites for hydroxylation is 1. The molecule has 0 aliphatic rings. The molecule has 10 heteroatoms. The van der Waals surface area contributed by atoms with Gasteiger partial charge in [-0.3, -0.25) is 24.3 Å². The van der Waals surface area contributed by atoms with Gasteiger partial charge in [0, 0.05) is 29.4 Å². The zero-order valence-electron chi connectivity index (χ0n) is 17.2. The number of carbonyl (C=O) groups is 1. The van der Waals surface area contributed by atoms with Crippen LogP contribution in [0.1, 0.15) is 19.4 Å². The molecule has 0 unspecified atom stereocenters. The summed E-state index contributed by atoms with van der Waals surface area (Å²) in [6.07, 6.45) is 0. The van der Waals surface area contributed by atoms with Gasteiger partial charge in [0.1, 0.15) is 0 Å². The Bertz CT molecular complexity index is 1230. The maximum absolute atomic E-state index is 13.0. The molecule has 3 rings (SSSR count). The van der Waals surface area contributed by atoms with Crippen LogP contribution in [0.5, 0.6) is 0 Å². The Labute approximate surface area is 187 Å². The van der Waals surface area contributed by atoms with E-state index in [0.717, 1.165) is 11.8 Å². The van der Waals surface area contributed by atoms with E-state index in [0.29, 0.717) is 38.9 Å². The number of halogens is 1. The minimum atomic E-state index is -0.485. The van der Waals surface area contributed by atoms with E-state index in [9.17, 15) is 19.7 Å². The number of hydrogen-bond donors (Lipinski definition) is 1. The van der Waals surface area contributed by atoms with E-state index in [1.165, 1.54) is 18.2 Å². The summed E-state index contributed by atoms with van der Waals surface area (Å²) in [5.74, 6) is -0.0735. The van der Waals surface area contributed by atoms with Crippen LogP contribution in [0, 0.1) is 23.0 Å². The zero-order chi connectivity index (χ0) is 22.7. The van der Waals surface area contributed by atoms with Crippen molar-refractivity contribution in [1.29, 1.82) is 0 Å². The van der Waals surface area contributed by atoms with Crippen LogP contribution in [0.25, 0.3) is 10.9 Å². The average Bonchev–Trinajstić information content (AvgIpc) is 2.70. The molecule has 1 amide bonds. The summed E-state index contributed by atoms with van der Waals surface area (Å²) in [4.78, 5) is 40.4. The topological polar surface area (TPSA) is 107 Å². The highest BCUT2D eigenvalue weighted by Crippen LogP contribution is 2.23. The molecule has 162 valence electrons. The number of amides is 1. The number of carbonyl (C=O) groups excluding carboxylic acids is 1. The molecule has 0 atom stereocenters. The Kier molecular flexibility index (Phi) is 6.97. The third kappa shape index (κ3) is 5.42. The minimum Gasteiger partial charge on any atom is -0.325 e. The van der Waals surface area contributed by atoms with Crippen LogP contribution >= 0.6 is 23.4 Å². The first-order chi connectivity index (χ1) is 14.7. The van der Waals surface area contributed by atoms with E-state index >= 15 is 0 Å². The van der Waals surface area contributed by atoms with Crippen molar-refractivity contribution in [3.8, 4) is 0 Å². The summed E-state index contributed by atoms with van der Waals surface area (Å²) in [5.41, 5.74) is 1.36. The van der Waals surface area contributed by atoms with Crippen molar-refractivity contribution in [1.82, 2.24) is 9.55 Å². The van der Waals surface area contributed by atoms with E-state index in [1.54, 1.807) is 29.7 Å². The standard InChI is InChI=1S/C21H21ClN4O4S/c1-12(2)10-25-20(28)16-9-14(22)4-6-18(16)24-21(25)31-11-19(27)23-17-7-5-15(26(29)30)8-13(17)3/h4-9,12H,10-11H2,1-3H3,(H,23,27). The Morgan fingerprint density at radius 3 is 2.68 bits per heavy atom. The summed E-state index contributed by atoms with van der Waals surface area (Å²) in [6.45, 7) is 6.13. The second-order valence-electron chi connectivity index (χ2n) is 7.46. The Balaban J connectivity index is 1.82. The Morgan fingerprint density at radius 2 is 2.03 bits per heavy atom. The summed E-state index contributed by atoms with van der Waals surface area (Å²) >= 11 is 7.20. The molecule has 8 nitrogen and oxygen atoms in total. The monoisotopic (exact) mass is 460 g/mol. The number of hydrogen-bond acceptors (Lipinski definition) is 6. The predicted octanol–water partition coefficient (Wildman–Crippen LogP) is 4.65. The lowest BCUT2D eigenvalue weighted by molar-refractivity contribution is -0.384. The number of non-ortho nitro benzene ring substituents is 1. The average molecular weight is 461 g/mol. The van der Waals surface area contributed by atoms with Crippen LogP contribution in [0.3, 0.4) is 0 Å². The largest absolute Gasteiger partial charge is 0.325 e. The van der Waals surface area contributed by atoms with Crippen molar-refractivity contribution >= 4 is 51.5 Å². The van der Waals surface area contributed by atoms with Crippen molar-refractivity contribution in [2.24, 2.45) is 5.92 Å². The summed E-state index contributed by atoms with van der Waals surface area (Å²) < 4.78 is 1.57. The Morgan fingerprint density at radius 1 is 1.29 bits per heavy atom. The fraction of sp³-hybridized carbons (Fsp3) is 0.286. The van der Waals surface area contributed by atoms with Crippen LogP contribution in [0.4, 0.5) is 11.4 Å². The van der Waals surface area contributed by atoms with Crippen LogP contribution in [-0.2, 0) is 11.3 Å². The van der Waals surface area contributed by atoms with Gasteiger partial charge in [0.05, 0.1) is 21.6 Å². The predicted molar refractivity (Wildman–Crippen MR) is 123 cm³/mol. The fourth-order valence-corrected chi connectivity index (χ4v) is 4.01. The first kappa shape index (κ1) is 22.8. The molecule has 0 bridgehead atoms. The molecule has 2 aromatic carbocycles. The molecular weight excluding hydrogens is 440 g/mol. The highest BCUT2D eigenvalue weighted by atomic mass is 35.5. The summed E-state index contributed by atoms with van der Waals surface area (Å²) in [6, 6.07) is 9.19. The molecule has 3 aromatic rings. The number of benzene rings is 2. The molecule has 0 aliphatic carbocycles. The number of rotatable bonds is 7. The van der Waals surface area contributed by atoms with Crippen LogP contribution in [0.15, 0.2) is 46.3 Å². The van der Waals surface area contributed by atoms with E-state index in [4.69, 9.17) is 11.6 Å². The molecular formula is C21H21ClN4O4S. The van der Waals surface area contributed by atoms with Crippen molar-refractivity contribution < 1.29 is 9.72 Å². The third-order valence-electron chi connectivity index (χ3n) is 4.46. The SMILES string of the molecule is Cc1cc([N+](=O)[O-])ccc1NC(=O)CSc1nc2ccc(Cl)cc2c(=O)n1CC(C)C. The van der Waals surface area contributed by atoms with Gasteiger partial charge >= 0.3 is 0 Å². The smallest absolute Gasteiger partial charge is 0.269 e. The van der Waals surface area contributed by atoms with E-state index in [-0.39, 0.29) is 28.8 Å². The highest BCUT2D eigenvalue weighted by Gasteiger charge is 2.16. The Hall–Kier alpha value is -2.91. The lowest BCUT2D eigenvalue weighted by Crippen LogP contribution is -2.26. The first-order valence-corrected chi connectivity index (χ1v) is 10.9. The van der Waals surface area contributed by atoms with Crippen molar-refractivity contribution in [3.63, 3.8) is 0 Å². The molecule has 0 fully saturated rings. The zero-order valence-corrected chi connectivity index (χ0v) is 18.8. The molecule has 0 aliphatic heterocycles. The molecule has 1 aromatic heterocycles. The fourth-order valence-electron chi connectivity index (χ4n) is 3.03. The number of anilines is 1. The van der Waals surface area contributed by atoms with Gasteiger partial charge in [-0.1, -0.05) is 37.2 Å².